The third kappa shape index (κ3) is 3.35. The molecular weight excluding hydrogens is 149 g/mol. The fraction of sp³-hybridized carbons (Fsp3) is 1.00. The average molecular weight is 165 g/mol. The van der Waals surface area contributed by atoms with Gasteiger partial charge in [-0.25, -0.2) is 0 Å². The molecule has 0 fully saturated rings. The molecule has 0 aliphatic heterocycles. The summed E-state index contributed by atoms with van der Waals surface area (Å²) in [4.78, 5) is 9.11. The van der Waals surface area contributed by atoms with Gasteiger partial charge in [-0.15, -0.1) is 0 Å². The van der Waals surface area contributed by atoms with Gasteiger partial charge in [-0.3, -0.25) is 4.57 Å². The Kier molecular flexibility index (Phi) is 4.18. The minimum atomic E-state index is -2.87. The van der Waals surface area contributed by atoms with Crippen LogP contribution < -0.4 is 5.73 Å². The van der Waals surface area contributed by atoms with Crippen molar-refractivity contribution in [3.63, 3.8) is 0 Å². The van der Waals surface area contributed by atoms with Crippen LogP contribution in [0.2, 0.25) is 0 Å². The SMILES string of the molecule is CC[C@@H](CCN)P(C)(=O)O. The van der Waals surface area contributed by atoms with Gasteiger partial charge < -0.3 is 10.6 Å². The zero-order valence-electron chi connectivity index (χ0n) is 6.58. The standard InChI is InChI=1S/C6H16NO2P/c1-3-6(4-5-7)10(2,8)9/h6H,3-5,7H2,1-2H3,(H,8,9)/t6-/m0/s1. The van der Waals surface area contributed by atoms with Crippen molar-refractivity contribution in [3.05, 3.63) is 0 Å². The highest BCUT2D eigenvalue weighted by atomic mass is 31.2. The van der Waals surface area contributed by atoms with Crippen molar-refractivity contribution in [2.75, 3.05) is 13.2 Å². The molecule has 10 heavy (non-hydrogen) atoms. The van der Waals surface area contributed by atoms with Crippen LogP contribution in [0.15, 0.2) is 0 Å². The Bertz CT molecular complexity index is 132. The number of hydrogen-bond acceptors (Lipinski definition) is 2. The van der Waals surface area contributed by atoms with Crippen molar-refractivity contribution in [2.24, 2.45) is 5.73 Å². The first-order chi connectivity index (χ1) is 4.52. The van der Waals surface area contributed by atoms with E-state index < -0.39 is 7.37 Å². The average Bonchev–Trinajstić information content (AvgIpc) is 1.80. The monoisotopic (exact) mass is 165 g/mol. The van der Waals surface area contributed by atoms with Gasteiger partial charge >= 0.3 is 0 Å². The van der Waals surface area contributed by atoms with Crippen LogP contribution in [0.5, 0.6) is 0 Å². The molecule has 0 spiro atoms. The van der Waals surface area contributed by atoms with Crippen molar-refractivity contribution in [1.82, 2.24) is 0 Å². The molecule has 2 atom stereocenters. The molecule has 0 saturated heterocycles. The molecule has 0 aromatic rings. The van der Waals surface area contributed by atoms with Crippen molar-refractivity contribution in [1.29, 1.82) is 0 Å². The molecule has 0 aliphatic carbocycles. The highest BCUT2D eigenvalue weighted by Crippen LogP contribution is 2.44. The first kappa shape index (κ1) is 10.2. The van der Waals surface area contributed by atoms with Crippen LogP contribution in [0, 0.1) is 0 Å². The van der Waals surface area contributed by atoms with Crippen LogP contribution in [-0.2, 0) is 4.57 Å². The first-order valence-electron chi connectivity index (χ1n) is 3.52. The molecule has 0 amide bonds. The van der Waals surface area contributed by atoms with Gasteiger partial charge in [0, 0.05) is 12.3 Å². The summed E-state index contributed by atoms with van der Waals surface area (Å²) in [5.74, 6) is 0. The van der Waals surface area contributed by atoms with Crippen molar-refractivity contribution >= 4 is 7.37 Å². The van der Waals surface area contributed by atoms with E-state index in [9.17, 15) is 4.57 Å². The quantitative estimate of drug-likeness (QED) is 0.611. The molecule has 62 valence electrons. The molecule has 0 aliphatic rings. The van der Waals surface area contributed by atoms with Gasteiger partial charge in [0.05, 0.1) is 0 Å². The summed E-state index contributed by atoms with van der Waals surface area (Å²) in [6.45, 7) is 3.81. The highest BCUT2D eigenvalue weighted by molar-refractivity contribution is 7.57. The van der Waals surface area contributed by atoms with Gasteiger partial charge in [-0.05, 0) is 19.4 Å². The highest BCUT2D eigenvalue weighted by Gasteiger charge is 2.22. The summed E-state index contributed by atoms with van der Waals surface area (Å²) in [6, 6.07) is 0. The Morgan fingerprint density at radius 1 is 1.70 bits per heavy atom. The lowest BCUT2D eigenvalue weighted by Crippen LogP contribution is -2.12. The molecule has 0 saturated carbocycles. The summed E-state index contributed by atoms with van der Waals surface area (Å²) < 4.78 is 11.0. The van der Waals surface area contributed by atoms with E-state index in [4.69, 9.17) is 10.6 Å². The topological polar surface area (TPSA) is 63.3 Å². The fourth-order valence-electron chi connectivity index (χ4n) is 0.975. The van der Waals surface area contributed by atoms with E-state index in [0.29, 0.717) is 13.0 Å². The van der Waals surface area contributed by atoms with Crippen LogP contribution >= 0.6 is 7.37 Å². The Morgan fingerprint density at radius 3 is 2.30 bits per heavy atom. The normalized spacial score (nSPS) is 20.0. The second-order valence-corrected chi connectivity index (χ2v) is 5.20. The summed E-state index contributed by atoms with van der Waals surface area (Å²) in [7, 11) is -2.87. The van der Waals surface area contributed by atoms with E-state index in [-0.39, 0.29) is 5.66 Å². The number of hydrogen-bond donors (Lipinski definition) is 2. The minimum Gasteiger partial charge on any atom is -0.344 e. The van der Waals surface area contributed by atoms with Crippen LogP contribution in [0.3, 0.4) is 0 Å². The Hall–Kier alpha value is 0.150. The lowest BCUT2D eigenvalue weighted by molar-refractivity contribution is 0.462. The molecule has 1 unspecified atom stereocenters. The molecule has 0 aromatic heterocycles. The second-order valence-electron chi connectivity index (χ2n) is 2.58. The zero-order chi connectivity index (χ0) is 8.20. The maximum atomic E-state index is 11.0. The molecule has 0 rings (SSSR count). The third-order valence-electron chi connectivity index (χ3n) is 1.65. The molecule has 0 heterocycles. The maximum Gasteiger partial charge on any atom is 0.200 e. The lowest BCUT2D eigenvalue weighted by atomic mass is 10.2. The van der Waals surface area contributed by atoms with E-state index in [2.05, 4.69) is 0 Å². The van der Waals surface area contributed by atoms with Gasteiger partial charge in [-0.1, -0.05) is 6.92 Å². The van der Waals surface area contributed by atoms with Crippen molar-refractivity contribution < 1.29 is 9.46 Å². The van der Waals surface area contributed by atoms with Crippen molar-refractivity contribution in [2.45, 2.75) is 25.4 Å². The molecule has 3 nitrogen and oxygen atoms in total. The van der Waals surface area contributed by atoms with Gasteiger partial charge in [-0.2, -0.15) is 0 Å². The summed E-state index contributed by atoms with van der Waals surface area (Å²) >= 11 is 0. The Labute approximate surface area is 62.1 Å². The zero-order valence-corrected chi connectivity index (χ0v) is 7.47. The molecule has 0 bridgehead atoms. The largest absolute Gasteiger partial charge is 0.344 e. The number of nitrogens with two attached hydrogens (primary N) is 1. The van der Waals surface area contributed by atoms with Gasteiger partial charge in [0.15, 0.2) is 0 Å². The Morgan fingerprint density at radius 2 is 2.20 bits per heavy atom. The molecule has 0 aromatic carbocycles. The third-order valence-corrected chi connectivity index (χ3v) is 3.63. The molecule has 0 radical (unpaired) electrons. The van der Waals surface area contributed by atoms with E-state index in [1.54, 1.807) is 0 Å². The van der Waals surface area contributed by atoms with Crippen LogP contribution in [0.4, 0.5) is 0 Å². The second kappa shape index (κ2) is 4.12. The summed E-state index contributed by atoms with van der Waals surface area (Å²) in [5, 5.41) is 0. The van der Waals surface area contributed by atoms with E-state index in [1.165, 1.54) is 6.66 Å². The van der Waals surface area contributed by atoms with Gasteiger partial charge in [0.25, 0.3) is 0 Å². The van der Waals surface area contributed by atoms with Crippen LogP contribution in [0.1, 0.15) is 19.8 Å². The smallest absolute Gasteiger partial charge is 0.200 e. The molecule has 3 N–H and O–H groups in total. The molecule has 4 heteroatoms. The van der Waals surface area contributed by atoms with Crippen molar-refractivity contribution in [3.8, 4) is 0 Å². The lowest BCUT2D eigenvalue weighted by Gasteiger charge is -2.16. The van der Waals surface area contributed by atoms with E-state index >= 15 is 0 Å². The predicted octanol–water partition coefficient (Wildman–Crippen LogP) is 1.01. The minimum absolute atomic E-state index is 0.0995. The number of rotatable bonds is 4. The van der Waals surface area contributed by atoms with Crippen LogP contribution in [-0.4, -0.2) is 23.8 Å². The van der Waals surface area contributed by atoms with Gasteiger partial charge in [0.2, 0.25) is 7.37 Å². The summed E-state index contributed by atoms with van der Waals surface area (Å²) in [5.41, 5.74) is 5.17. The summed E-state index contributed by atoms with van der Waals surface area (Å²) in [6.07, 6.45) is 1.39. The van der Waals surface area contributed by atoms with Crippen LogP contribution in [0.25, 0.3) is 0 Å². The van der Waals surface area contributed by atoms with Gasteiger partial charge in [0.1, 0.15) is 0 Å². The molecular formula is C6H16NO2P. The van der Waals surface area contributed by atoms with E-state index in [1.807, 2.05) is 6.92 Å². The fourth-order valence-corrected chi connectivity index (χ4v) is 2.28. The predicted molar refractivity (Wildman–Crippen MR) is 43.5 cm³/mol. The van der Waals surface area contributed by atoms with E-state index in [0.717, 1.165) is 6.42 Å². The maximum absolute atomic E-state index is 11.0. The Balaban J connectivity index is 3.94. The first-order valence-corrected chi connectivity index (χ1v) is 5.70.